The highest BCUT2D eigenvalue weighted by atomic mass is 19.1. The number of rotatable bonds is 3. The van der Waals surface area contributed by atoms with Crippen molar-refractivity contribution < 1.29 is 14.0 Å². The van der Waals surface area contributed by atoms with Gasteiger partial charge in [-0.05, 0) is 24.5 Å². The summed E-state index contributed by atoms with van der Waals surface area (Å²) >= 11 is 0. The van der Waals surface area contributed by atoms with E-state index in [9.17, 15) is 14.0 Å². The fourth-order valence-electron chi connectivity index (χ4n) is 3.01. The molecule has 1 aliphatic carbocycles. The minimum atomic E-state index is -0.338. The Labute approximate surface area is 129 Å². The smallest absolute Gasteiger partial charge is 0.227 e. The fourth-order valence-corrected chi connectivity index (χ4v) is 3.01. The van der Waals surface area contributed by atoms with E-state index in [0.717, 1.165) is 19.3 Å². The van der Waals surface area contributed by atoms with Crippen molar-refractivity contribution in [2.75, 3.05) is 26.2 Å². The predicted octanol–water partition coefficient (Wildman–Crippen LogP) is 1.84. The predicted molar refractivity (Wildman–Crippen MR) is 80.6 cm³/mol. The Morgan fingerprint density at radius 2 is 1.68 bits per heavy atom. The van der Waals surface area contributed by atoms with Crippen molar-refractivity contribution >= 4 is 11.8 Å². The molecule has 0 spiro atoms. The third-order valence-corrected chi connectivity index (χ3v) is 4.70. The molecule has 2 aliphatic rings. The normalized spacial score (nSPS) is 19.0. The van der Waals surface area contributed by atoms with Crippen LogP contribution in [-0.2, 0) is 16.0 Å². The summed E-state index contributed by atoms with van der Waals surface area (Å²) in [5, 5.41) is 0. The highest BCUT2D eigenvalue weighted by Crippen LogP contribution is 2.28. The van der Waals surface area contributed by atoms with Gasteiger partial charge in [0.2, 0.25) is 11.8 Å². The molecular weight excluding hydrogens is 283 g/mol. The summed E-state index contributed by atoms with van der Waals surface area (Å²) in [4.78, 5) is 28.0. The lowest BCUT2D eigenvalue weighted by atomic mass is 9.84. The van der Waals surface area contributed by atoms with Crippen molar-refractivity contribution in [3.8, 4) is 0 Å². The number of carbonyl (C=O) groups excluding carboxylic acids is 2. The number of carbonyl (C=O) groups is 2. The fraction of sp³-hybridized carbons (Fsp3) is 0.529. The third-order valence-electron chi connectivity index (χ3n) is 4.70. The molecule has 0 unspecified atom stereocenters. The Morgan fingerprint density at radius 1 is 1.05 bits per heavy atom. The van der Waals surface area contributed by atoms with Gasteiger partial charge in [0.1, 0.15) is 5.82 Å². The second-order valence-electron chi connectivity index (χ2n) is 6.10. The van der Waals surface area contributed by atoms with Crippen LogP contribution >= 0.6 is 0 Å². The lowest BCUT2D eigenvalue weighted by Crippen LogP contribution is -2.52. The molecule has 118 valence electrons. The average Bonchev–Trinajstić information content (AvgIpc) is 2.48. The number of amides is 2. The molecule has 0 aromatic heterocycles. The maximum atomic E-state index is 13.6. The maximum Gasteiger partial charge on any atom is 0.227 e. The van der Waals surface area contributed by atoms with Crippen LogP contribution < -0.4 is 0 Å². The first-order valence-electron chi connectivity index (χ1n) is 7.95. The second kappa shape index (κ2) is 6.46. The molecule has 2 fully saturated rings. The minimum Gasteiger partial charge on any atom is -0.339 e. The standard InChI is InChI=1S/C17H21FN2O2/c18-15-7-2-1-4-14(15)12-16(21)19-8-10-20(11-9-19)17(22)13-5-3-6-13/h1-2,4,7,13H,3,5-6,8-12H2. The number of benzene rings is 1. The van der Waals surface area contributed by atoms with E-state index in [1.165, 1.54) is 6.07 Å². The van der Waals surface area contributed by atoms with Gasteiger partial charge in [-0.3, -0.25) is 9.59 Å². The van der Waals surface area contributed by atoms with E-state index < -0.39 is 0 Å². The van der Waals surface area contributed by atoms with Gasteiger partial charge in [0, 0.05) is 32.1 Å². The molecular formula is C17H21FN2O2. The van der Waals surface area contributed by atoms with Crippen molar-refractivity contribution in [1.29, 1.82) is 0 Å². The Morgan fingerprint density at radius 3 is 2.27 bits per heavy atom. The van der Waals surface area contributed by atoms with Crippen LogP contribution in [0.2, 0.25) is 0 Å². The van der Waals surface area contributed by atoms with Gasteiger partial charge in [-0.1, -0.05) is 24.6 Å². The van der Waals surface area contributed by atoms with E-state index in [1.807, 2.05) is 4.90 Å². The van der Waals surface area contributed by atoms with Gasteiger partial charge < -0.3 is 9.80 Å². The van der Waals surface area contributed by atoms with Crippen LogP contribution in [0.3, 0.4) is 0 Å². The minimum absolute atomic E-state index is 0.0687. The van der Waals surface area contributed by atoms with Crippen molar-refractivity contribution in [2.45, 2.75) is 25.7 Å². The lowest BCUT2D eigenvalue weighted by Gasteiger charge is -2.38. The number of halogens is 1. The summed E-state index contributed by atoms with van der Waals surface area (Å²) in [6.07, 6.45) is 3.25. The van der Waals surface area contributed by atoms with Crippen LogP contribution in [0.5, 0.6) is 0 Å². The zero-order chi connectivity index (χ0) is 15.5. The zero-order valence-corrected chi connectivity index (χ0v) is 12.6. The van der Waals surface area contributed by atoms with Crippen LogP contribution in [0.4, 0.5) is 4.39 Å². The molecule has 0 N–H and O–H groups in total. The Hall–Kier alpha value is -1.91. The van der Waals surface area contributed by atoms with Crippen LogP contribution in [0.15, 0.2) is 24.3 Å². The molecule has 3 rings (SSSR count). The largest absolute Gasteiger partial charge is 0.339 e. The van der Waals surface area contributed by atoms with E-state index in [2.05, 4.69) is 0 Å². The highest BCUT2D eigenvalue weighted by molar-refractivity contribution is 5.81. The van der Waals surface area contributed by atoms with Gasteiger partial charge in [-0.25, -0.2) is 4.39 Å². The van der Waals surface area contributed by atoms with Crippen LogP contribution in [0.1, 0.15) is 24.8 Å². The lowest BCUT2D eigenvalue weighted by molar-refractivity contribution is -0.143. The molecule has 1 aliphatic heterocycles. The summed E-state index contributed by atoms with van der Waals surface area (Å²) in [6, 6.07) is 6.37. The molecule has 1 saturated heterocycles. The molecule has 0 atom stereocenters. The molecule has 1 saturated carbocycles. The number of hydrogen-bond donors (Lipinski definition) is 0. The van der Waals surface area contributed by atoms with Crippen LogP contribution in [0, 0.1) is 11.7 Å². The van der Waals surface area contributed by atoms with Gasteiger partial charge in [0.05, 0.1) is 6.42 Å². The van der Waals surface area contributed by atoms with Crippen molar-refractivity contribution in [3.05, 3.63) is 35.6 Å². The maximum absolute atomic E-state index is 13.6. The van der Waals surface area contributed by atoms with E-state index in [4.69, 9.17) is 0 Å². The van der Waals surface area contributed by atoms with Gasteiger partial charge in [0.15, 0.2) is 0 Å². The molecule has 1 aromatic rings. The van der Waals surface area contributed by atoms with Gasteiger partial charge in [0.25, 0.3) is 0 Å². The third kappa shape index (κ3) is 3.13. The first-order chi connectivity index (χ1) is 10.6. The van der Waals surface area contributed by atoms with Crippen molar-refractivity contribution in [3.63, 3.8) is 0 Å². The summed E-state index contributed by atoms with van der Waals surface area (Å²) in [7, 11) is 0. The highest BCUT2D eigenvalue weighted by Gasteiger charge is 2.32. The van der Waals surface area contributed by atoms with Crippen LogP contribution in [-0.4, -0.2) is 47.8 Å². The van der Waals surface area contributed by atoms with E-state index in [0.29, 0.717) is 31.7 Å². The number of hydrogen-bond acceptors (Lipinski definition) is 2. The molecule has 0 bridgehead atoms. The molecule has 2 amide bonds. The molecule has 1 aromatic carbocycles. The van der Waals surface area contributed by atoms with Crippen molar-refractivity contribution in [2.24, 2.45) is 5.92 Å². The molecule has 22 heavy (non-hydrogen) atoms. The Balaban J connectivity index is 1.51. The monoisotopic (exact) mass is 304 g/mol. The van der Waals surface area contributed by atoms with E-state index in [1.54, 1.807) is 23.1 Å². The SMILES string of the molecule is O=C(Cc1ccccc1F)N1CCN(C(=O)C2CCC2)CC1. The molecule has 1 heterocycles. The zero-order valence-electron chi connectivity index (χ0n) is 12.6. The summed E-state index contributed by atoms with van der Waals surface area (Å²) in [5.74, 6) is 0.0450. The number of nitrogens with zero attached hydrogens (tertiary/aromatic N) is 2. The molecule has 4 nitrogen and oxygen atoms in total. The first-order valence-corrected chi connectivity index (χ1v) is 7.95. The molecule has 5 heteroatoms. The second-order valence-corrected chi connectivity index (χ2v) is 6.10. The quantitative estimate of drug-likeness (QED) is 0.855. The van der Waals surface area contributed by atoms with Gasteiger partial charge in [-0.15, -0.1) is 0 Å². The van der Waals surface area contributed by atoms with Gasteiger partial charge >= 0.3 is 0 Å². The topological polar surface area (TPSA) is 40.6 Å². The first kappa shape index (κ1) is 15.0. The summed E-state index contributed by atoms with van der Waals surface area (Å²) < 4.78 is 13.6. The summed E-state index contributed by atoms with van der Waals surface area (Å²) in [5.41, 5.74) is 0.431. The summed E-state index contributed by atoms with van der Waals surface area (Å²) in [6.45, 7) is 2.29. The Kier molecular flexibility index (Phi) is 4.41. The number of piperazine rings is 1. The van der Waals surface area contributed by atoms with Crippen molar-refractivity contribution in [1.82, 2.24) is 9.80 Å². The Bertz CT molecular complexity index is 564. The molecule has 0 radical (unpaired) electrons. The average molecular weight is 304 g/mol. The van der Waals surface area contributed by atoms with E-state index in [-0.39, 0.29) is 30.0 Å². The van der Waals surface area contributed by atoms with Crippen LogP contribution in [0.25, 0.3) is 0 Å². The van der Waals surface area contributed by atoms with Gasteiger partial charge in [-0.2, -0.15) is 0 Å². The van der Waals surface area contributed by atoms with E-state index >= 15 is 0 Å².